The van der Waals surface area contributed by atoms with E-state index in [0.29, 0.717) is 13.1 Å². The zero-order valence-corrected chi connectivity index (χ0v) is 13.5. The van der Waals surface area contributed by atoms with Gasteiger partial charge in [0.2, 0.25) is 6.79 Å². The van der Waals surface area contributed by atoms with Crippen LogP contribution in [0.15, 0.2) is 36.4 Å². The van der Waals surface area contributed by atoms with Gasteiger partial charge in [0.25, 0.3) is 0 Å². The van der Waals surface area contributed by atoms with Crippen LogP contribution in [0.4, 0.5) is 0 Å². The molecule has 122 valence electrons. The molecule has 2 aromatic carbocycles. The Labute approximate surface area is 140 Å². The van der Waals surface area contributed by atoms with Crippen LogP contribution in [0.2, 0.25) is 0 Å². The molecule has 4 rings (SSSR count). The van der Waals surface area contributed by atoms with Gasteiger partial charge in [0.1, 0.15) is 5.82 Å². The van der Waals surface area contributed by atoms with E-state index in [9.17, 15) is 0 Å². The number of fused-ring (bicyclic) bond motifs is 2. The van der Waals surface area contributed by atoms with E-state index in [2.05, 4.69) is 41.8 Å². The van der Waals surface area contributed by atoms with E-state index in [1.807, 2.05) is 18.2 Å². The second-order valence-electron chi connectivity index (χ2n) is 5.85. The van der Waals surface area contributed by atoms with E-state index in [-0.39, 0.29) is 6.79 Å². The summed E-state index contributed by atoms with van der Waals surface area (Å²) in [5.41, 5.74) is 10.1. The lowest BCUT2D eigenvalue weighted by Crippen LogP contribution is -2.11. The number of rotatable bonds is 4. The van der Waals surface area contributed by atoms with Crippen LogP contribution >= 0.6 is 0 Å². The SMILES string of the molecule is Cc1ccc(/C=C/c2nc3cc4c(cc3n2CCN)OCO4)cc1. The van der Waals surface area contributed by atoms with Crippen molar-refractivity contribution in [2.45, 2.75) is 13.5 Å². The van der Waals surface area contributed by atoms with E-state index >= 15 is 0 Å². The fourth-order valence-corrected chi connectivity index (χ4v) is 2.87. The largest absolute Gasteiger partial charge is 0.454 e. The molecule has 0 radical (unpaired) electrons. The average molecular weight is 321 g/mol. The van der Waals surface area contributed by atoms with E-state index in [0.717, 1.165) is 33.9 Å². The molecule has 24 heavy (non-hydrogen) atoms. The molecule has 0 bridgehead atoms. The van der Waals surface area contributed by atoms with Crippen molar-refractivity contribution in [1.29, 1.82) is 0 Å². The monoisotopic (exact) mass is 321 g/mol. The highest BCUT2D eigenvalue weighted by molar-refractivity contribution is 5.83. The molecular formula is C19H19N3O2. The highest BCUT2D eigenvalue weighted by Gasteiger charge is 2.18. The summed E-state index contributed by atoms with van der Waals surface area (Å²) in [6.07, 6.45) is 4.08. The van der Waals surface area contributed by atoms with Gasteiger partial charge >= 0.3 is 0 Å². The molecule has 0 saturated carbocycles. The summed E-state index contributed by atoms with van der Waals surface area (Å²) in [5.74, 6) is 2.38. The first kappa shape index (κ1) is 14.8. The number of aromatic nitrogens is 2. The van der Waals surface area contributed by atoms with Crippen molar-refractivity contribution in [2.75, 3.05) is 13.3 Å². The van der Waals surface area contributed by atoms with E-state index < -0.39 is 0 Å². The molecule has 5 heteroatoms. The summed E-state index contributed by atoms with van der Waals surface area (Å²) in [4.78, 5) is 4.73. The molecular weight excluding hydrogens is 302 g/mol. The molecule has 3 aromatic rings. The summed E-state index contributed by atoms with van der Waals surface area (Å²) in [6, 6.07) is 12.3. The fraction of sp³-hybridized carbons (Fsp3) is 0.211. The van der Waals surface area contributed by atoms with Crippen molar-refractivity contribution >= 4 is 23.2 Å². The van der Waals surface area contributed by atoms with Crippen molar-refractivity contribution in [3.8, 4) is 11.5 Å². The fourth-order valence-electron chi connectivity index (χ4n) is 2.87. The van der Waals surface area contributed by atoms with Gasteiger partial charge in [0.05, 0.1) is 11.0 Å². The maximum absolute atomic E-state index is 5.79. The number of imidazole rings is 1. The quantitative estimate of drug-likeness (QED) is 0.801. The first-order valence-corrected chi connectivity index (χ1v) is 7.99. The van der Waals surface area contributed by atoms with Crippen LogP contribution in [-0.4, -0.2) is 22.9 Å². The molecule has 0 amide bonds. The van der Waals surface area contributed by atoms with Crippen LogP contribution < -0.4 is 15.2 Å². The molecule has 0 unspecified atom stereocenters. The smallest absolute Gasteiger partial charge is 0.231 e. The van der Waals surface area contributed by atoms with Gasteiger partial charge in [-0.1, -0.05) is 35.9 Å². The van der Waals surface area contributed by atoms with E-state index in [1.54, 1.807) is 0 Å². The van der Waals surface area contributed by atoms with Gasteiger partial charge in [-0.2, -0.15) is 0 Å². The number of ether oxygens (including phenoxy) is 2. The Morgan fingerprint density at radius 1 is 1.12 bits per heavy atom. The van der Waals surface area contributed by atoms with Gasteiger partial charge in [-0.25, -0.2) is 4.98 Å². The number of nitrogens with zero attached hydrogens (tertiary/aromatic N) is 2. The maximum atomic E-state index is 5.79. The summed E-state index contributed by atoms with van der Waals surface area (Å²) >= 11 is 0. The van der Waals surface area contributed by atoms with E-state index in [1.165, 1.54) is 5.56 Å². The summed E-state index contributed by atoms with van der Waals surface area (Å²) in [5, 5.41) is 0. The Morgan fingerprint density at radius 3 is 2.62 bits per heavy atom. The molecule has 1 aliphatic rings. The zero-order valence-electron chi connectivity index (χ0n) is 13.5. The summed E-state index contributed by atoms with van der Waals surface area (Å²) in [7, 11) is 0. The van der Waals surface area contributed by atoms with Crippen LogP contribution in [0.5, 0.6) is 11.5 Å². The van der Waals surface area contributed by atoms with Crippen molar-refractivity contribution in [3.05, 3.63) is 53.3 Å². The van der Waals surface area contributed by atoms with Gasteiger partial charge in [0.15, 0.2) is 11.5 Å². The normalized spacial score (nSPS) is 13.2. The minimum absolute atomic E-state index is 0.263. The minimum Gasteiger partial charge on any atom is -0.454 e. The average Bonchev–Trinajstić information content (AvgIpc) is 3.17. The highest BCUT2D eigenvalue weighted by atomic mass is 16.7. The predicted octanol–water partition coefficient (Wildman–Crippen LogP) is 3.20. The van der Waals surface area contributed by atoms with Crippen LogP contribution in [0.3, 0.4) is 0 Å². The summed E-state index contributed by atoms with van der Waals surface area (Å²) < 4.78 is 13.0. The van der Waals surface area contributed by atoms with Crippen molar-refractivity contribution in [1.82, 2.24) is 9.55 Å². The lowest BCUT2D eigenvalue weighted by molar-refractivity contribution is 0.174. The maximum Gasteiger partial charge on any atom is 0.231 e. The number of hydrogen-bond donors (Lipinski definition) is 1. The van der Waals surface area contributed by atoms with Crippen LogP contribution in [0.25, 0.3) is 23.2 Å². The number of benzene rings is 2. The van der Waals surface area contributed by atoms with Gasteiger partial charge in [-0.3, -0.25) is 0 Å². The molecule has 0 aliphatic carbocycles. The molecule has 0 spiro atoms. The van der Waals surface area contributed by atoms with Crippen LogP contribution in [0.1, 0.15) is 17.0 Å². The first-order valence-electron chi connectivity index (χ1n) is 7.99. The molecule has 1 aromatic heterocycles. The molecule has 0 fully saturated rings. The van der Waals surface area contributed by atoms with Crippen LogP contribution in [0, 0.1) is 6.92 Å². The lowest BCUT2D eigenvalue weighted by Gasteiger charge is -2.05. The number of aryl methyl sites for hydroxylation is 1. The zero-order chi connectivity index (χ0) is 16.5. The minimum atomic E-state index is 0.263. The van der Waals surface area contributed by atoms with Gasteiger partial charge in [-0.15, -0.1) is 0 Å². The third-order valence-corrected chi connectivity index (χ3v) is 4.13. The highest BCUT2D eigenvalue weighted by Crippen LogP contribution is 2.36. The van der Waals surface area contributed by atoms with Crippen molar-refractivity contribution in [2.24, 2.45) is 5.73 Å². The summed E-state index contributed by atoms with van der Waals surface area (Å²) in [6.45, 7) is 3.59. The molecule has 2 N–H and O–H groups in total. The molecule has 2 heterocycles. The molecule has 0 saturated heterocycles. The van der Waals surface area contributed by atoms with E-state index in [4.69, 9.17) is 20.2 Å². The third kappa shape index (κ3) is 2.63. The first-order chi connectivity index (χ1) is 11.7. The topological polar surface area (TPSA) is 62.3 Å². The second kappa shape index (κ2) is 6.02. The molecule has 0 atom stereocenters. The lowest BCUT2D eigenvalue weighted by atomic mass is 10.1. The Kier molecular flexibility index (Phi) is 3.70. The van der Waals surface area contributed by atoms with Crippen molar-refractivity contribution in [3.63, 3.8) is 0 Å². The molecule has 5 nitrogen and oxygen atoms in total. The standard InChI is InChI=1S/C19H19N3O2/c1-13-2-4-14(5-3-13)6-7-19-21-15-10-17-18(24-12-23-17)11-16(15)22(19)9-8-20/h2-7,10-11H,8-9,12,20H2,1H3/b7-6+. The number of hydrogen-bond acceptors (Lipinski definition) is 4. The number of nitrogens with two attached hydrogens (primary N) is 1. The Balaban J connectivity index is 1.76. The van der Waals surface area contributed by atoms with Gasteiger partial charge in [0, 0.05) is 25.2 Å². The second-order valence-corrected chi connectivity index (χ2v) is 5.85. The predicted molar refractivity (Wildman–Crippen MR) is 95.0 cm³/mol. The van der Waals surface area contributed by atoms with Gasteiger partial charge < -0.3 is 19.8 Å². The van der Waals surface area contributed by atoms with Gasteiger partial charge in [-0.05, 0) is 18.6 Å². The third-order valence-electron chi connectivity index (χ3n) is 4.13. The Morgan fingerprint density at radius 2 is 1.88 bits per heavy atom. The Hall–Kier alpha value is -2.79. The molecule has 1 aliphatic heterocycles. The van der Waals surface area contributed by atoms with Crippen molar-refractivity contribution < 1.29 is 9.47 Å². The Bertz CT molecular complexity index is 911. The van der Waals surface area contributed by atoms with Crippen LogP contribution in [-0.2, 0) is 6.54 Å².